The van der Waals surface area contributed by atoms with Crippen molar-refractivity contribution in [2.75, 3.05) is 13.2 Å². The molecule has 0 aliphatic carbocycles. The van der Waals surface area contributed by atoms with Crippen LogP contribution in [0.25, 0.3) is 0 Å². The normalized spacial score (nSPS) is 11.5. The highest BCUT2D eigenvalue weighted by molar-refractivity contribution is 5.91. The topological polar surface area (TPSA) is 52.6 Å². The Morgan fingerprint density at radius 1 is 1.13 bits per heavy atom. The number of rotatable bonds is 4. The molecule has 0 saturated carbocycles. The lowest BCUT2D eigenvalue weighted by atomic mass is 10.5. The SMILES string of the molecule is CCOC(=O)/C=C/C(=O)OCC(F)(F)F. The van der Waals surface area contributed by atoms with Crippen LogP contribution in [0.15, 0.2) is 12.2 Å². The Labute approximate surface area is 83.7 Å². The summed E-state index contributed by atoms with van der Waals surface area (Å²) < 4.78 is 42.8. The van der Waals surface area contributed by atoms with Gasteiger partial charge in [0.15, 0.2) is 6.61 Å². The van der Waals surface area contributed by atoms with Gasteiger partial charge in [-0.05, 0) is 6.92 Å². The molecule has 7 heteroatoms. The van der Waals surface area contributed by atoms with Gasteiger partial charge in [0.25, 0.3) is 0 Å². The summed E-state index contributed by atoms with van der Waals surface area (Å²) >= 11 is 0. The smallest absolute Gasteiger partial charge is 0.422 e. The zero-order chi connectivity index (χ0) is 11.9. The first-order valence-electron chi connectivity index (χ1n) is 3.93. The summed E-state index contributed by atoms with van der Waals surface area (Å²) in [6.07, 6.45) is -3.31. The second kappa shape index (κ2) is 6.05. The minimum absolute atomic E-state index is 0.112. The first kappa shape index (κ1) is 13.5. The van der Waals surface area contributed by atoms with Crippen molar-refractivity contribution in [2.24, 2.45) is 0 Å². The van der Waals surface area contributed by atoms with E-state index in [1.54, 1.807) is 6.92 Å². The second-order valence-corrected chi connectivity index (χ2v) is 2.31. The minimum atomic E-state index is -4.58. The van der Waals surface area contributed by atoms with Gasteiger partial charge in [-0.15, -0.1) is 0 Å². The van der Waals surface area contributed by atoms with Crippen molar-refractivity contribution in [1.29, 1.82) is 0 Å². The van der Waals surface area contributed by atoms with Gasteiger partial charge in [-0.2, -0.15) is 13.2 Å². The quantitative estimate of drug-likeness (QED) is 0.534. The van der Waals surface area contributed by atoms with Crippen molar-refractivity contribution >= 4 is 11.9 Å². The molecule has 0 fully saturated rings. The maximum Gasteiger partial charge on any atom is 0.422 e. The number of carbonyl (C=O) groups is 2. The van der Waals surface area contributed by atoms with E-state index in [0.29, 0.717) is 12.2 Å². The molecule has 0 spiro atoms. The van der Waals surface area contributed by atoms with Crippen molar-refractivity contribution in [3.05, 3.63) is 12.2 Å². The zero-order valence-corrected chi connectivity index (χ0v) is 7.84. The van der Waals surface area contributed by atoms with Crippen molar-refractivity contribution in [2.45, 2.75) is 13.1 Å². The van der Waals surface area contributed by atoms with Crippen LogP contribution in [0.4, 0.5) is 13.2 Å². The molecule has 0 atom stereocenters. The first-order chi connectivity index (χ1) is 6.85. The first-order valence-corrected chi connectivity index (χ1v) is 3.93. The third-order valence-electron chi connectivity index (χ3n) is 1.02. The zero-order valence-electron chi connectivity index (χ0n) is 7.84. The van der Waals surface area contributed by atoms with Crippen LogP contribution in [0, 0.1) is 0 Å². The van der Waals surface area contributed by atoms with Crippen LogP contribution in [-0.4, -0.2) is 31.3 Å². The molecule has 0 aromatic carbocycles. The molecule has 0 rings (SSSR count). The Morgan fingerprint density at radius 2 is 1.60 bits per heavy atom. The number of esters is 2. The van der Waals surface area contributed by atoms with Gasteiger partial charge in [0, 0.05) is 12.2 Å². The van der Waals surface area contributed by atoms with Gasteiger partial charge >= 0.3 is 18.1 Å². The van der Waals surface area contributed by atoms with Crippen LogP contribution >= 0.6 is 0 Å². The van der Waals surface area contributed by atoms with Crippen LogP contribution in [0.3, 0.4) is 0 Å². The molecule has 0 heterocycles. The van der Waals surface area contributed by atoms with Gasteiger partial charge in [0.1, 0.15) is 0 Å². The van der Waals surface area contributed by atoms with Gasteiger partial charge < -0.3 is 9.47 Å². The van der Waals surface area contributed by atoms with Crippen molar-refractivity contribution in [1.82, 2.24) is 0 Å². The lowest BCUT2D eigenvalue weighted by molar-refractivity contribution is -0.182. The Balaban J connectivity index is 3.89. The number of ether oxygens (including phenoxy) is 2. The molecule has 4 nitrogen and oxygen atoms in total. The summed E-state index contributed by atoms with van der Waals surface area (Å²) in [5, 5.41) is 0. The average molecular weight is 226 g/mol. The Morgan fingerprint density at radius 3 is 2.00 bits per heavy atom. The Bertz CT molecular complexity index is 257. The van der Waals surface area contributed by atoms with Gasteiger partial charge in [0.05, 0.1) is 6.61 Å². The molecule has 0 radical (unpaired) electrons. The predicted molar refractivity (Wildman–Crippen MR) is 42.8 cm³/mol. The van der Waals surface area contributed by atoms with E-state index in [0.717, 1.165) is 0 Å². The van der Waals surface area contributed by atoms with E-state index in [2.05, 4.69) is 9.47 Å². The van der Waals surface area contributed by atoms with E-state index >= 15 is 0 Å². The molecule has 0 saturated heterocycles. The number of carbonyl (C=O) groups excluding carboxylic acids is 2. The second-order valence-electron chi connectivity index (χ2n) is 2.31. The van der Waals surface area contributed by atoms with E-state index in [1.165, 1.54) is 0 Å². The van der Waals surface area contributed by atoms with Crippen LogP contribution < -0.4 is 0 Å². The van der Waals surface area contributed by atoms with E-state index in [9.17, 15) is 22.8 Å². The predicted octanol–water partition coefficient (Wildman–Crippen LogP) is 1.21. The fraction of sp³-hybridized carbons (Fsp3) is 0.500. The Kier molecular flexibility index (Phi) is 5.43. The highest BCUT2D eigenvalue weighted by Crippen LogP contribution is 2.14. The number of halogens is 3. The molecular formula is C8H9F3O4. The van der Waals surface area contributed by atoms with Crippen molar-refractivity contribution in [3.8, 4) is 0 Å². The third-order valence-corrected chi connectivity index (χ3v) is 1.02. The summed E-state index contributed by atoms with van der Waals surface area (Å²) in [7, 11) is 0. The van der Waals surface area contributed by atoms with E-state index < -0.39 is 24.7 Å². The van der Waals surface area contributed by atoms with E-state index in [-0.39, 0.29) is 6.61 Å². The number of hydrogen-bond acceptors (Lipinski definition) is 4. The fourth-order valence-electron chi connectivity index (χ4n) is 0.528. The molecule has 15 heavy (non-hydrogen) atoms. The fourth-order valence-corrected chi connectivity index (χ4v) is 0.528. The van der Waals surface area contributed by atoms with E-state index in [1.807, 2.05) is 0 Å². The maximum absolute atomic E-state index is 11.5. The van der Waals surface area contributed by atoms with Crippen LogP contribution in [0.5, 0.6) is 0 Å². The summed E-state index contributed by atoms with van der Waals surface area (Å²) in [5.41, 5.74) is 0. The average Bonchev–Trinajstić information content (AvgIpc) is 2.11. The van der Waals surface area contributed by atoms with Gasteiger partial charge in [-0.1, -0.05) is 0 Å². The molecule has 0 aliphatic heterocycles. The van der Waals surface area contributed by atoms with Gasteiger partial charge in [-0.25, -0.2) is 9.59 Å². The largest absolute Gasteiger partial charge is 0.463 e. The highest BCUT2D eigenvalue weighted by atomic mass is 19.4. The van der Waals surface area contributed by atoms with Crippen molar-refractivity contribution < 1.29 is 32.2 Å². The van der Waals surface area contributed by atoms with Gasteiger partial charge in [0.2, 0.25) is 0 Å². The lowest BCUT2D eigenvalue weighted by Gasteiger charge is -2.04. The molecule has 0 unspecified atom stereocenters. The number of alkyl halides is 3. The van der Waals surface area contributed by atoms with Crippen LogP contribution in [0.2, 0.25) is 0 Å². The Hall–Kier alpha value is -1.53. The molecule has 0 aromatic rings. The summed E-state index contributed by atoms with van der Waals surface area (Å²) in [6.45, 7) is -0.0204. The third kappa shape index (κ3) is 8.79. The monoisotopic (exact) mass is 226 g/mol. The maximum atomic E-state index is 11.5. The van der Waals surface area contributed by atoms with Gasteiger partial charge in [-0.3, -0.25) is 0 Å². The molecule has 0 N–H and O–H groups in total. The van der Waals surface area contributed by atoms with Crippen LogP contribution in [0.1, 0.15) is 6.92 Å². The van der Waals surface area contributed by atoms with Crippen molar-refractivity contribution in [3.63, 3.8) is 0 Å². The lowest BCUT2D eigenvalue weighted by Crippen LogP contribution is -2.19. The molecule has 86 valence electrons. The molecule has 0 aliphatic rings. The summed E-state index contributed by atoms with van der Waals surface area (Å²) in [4.78, 5) is 21.2. The molecule has 0 amide bonds. The summed E-state index contributed by atoms with van der Waals surface area (Å²) in [6, 6.07) is 0. The van der Waals surface area contributed by atoms with E-state index in [4.69, 9.17) is 0 Å². The summed E-state index contributed by atoms with van der Waals surface area (Å²) in [5.74, 6) is -2.07. The standard InChI is InChI=1S/C8H9F3O4/c1-2-14-6(12)3-4-7(13)15-5-8(9,10)11/h3-4H,2,5H2,1H3/b4-3+. The van der Waals surface area contributed by atoms with Crippen LogP contribution in [-0.2, 0) is 19.1 Å². The molecule has 0 bridgehead atoms. The molecule has 0 aromatic heterocycles. The molecular weight excluding hydrogens is 217 g/mol. The number of hydrogen-bond donors (Lipinski definition) is 0. The highest BCUT2D eigenvalue weighted by Gasteiger charge is 2.29. The minimum Gasteiger partial charge on any atom is -0.463 e.